The van der Waals surface area contributed by atoms with Gasteiger partial charge in [-0.15, -0.1) is 0 Å². The Bertz CT molecular complexity index is 1180. The number of halogens is 1. The maximum atomic E-state index is 13.3. The first-order chi connectivity index (χ1) is 15.4. The molecule has 1 aliphatic rings. The number of pyridine rings is 1. The third-order valence-electron chi connectivity index (χ3n) is 5.63. The molecular weight excluding hydrogens is 436 g/mol. The molecule has 1 aliphatic heterocycles. The molecule has 1 saturated heterocycles. The van der Waals surface area contributed by atoms with Gasteiger partial charge in [0, 0.05) is 23.3 Å². The van der Waals surface area contributed by atoms with Gasteiger partial charge >= 0.3 is 5.97 Å². The molecule has 1 unspecified atom stereocenters. The number of hydrogen-bond acceptors (Lipinski definition) is 8. The predicted octanol–water partition coefficient (Wildman–Crippen LogP) is 3.66. The van der Waals surface area contributed by atoms with E-state index in [1.165, 1.54) is 14.2 Å². The van der Waals surface area contributed by atoms with Crippen molar-refractivity contribution < 1.29 is 23.5 Å². The van der Waals surface area contributed by atoms with Crippen LogP contribution in [0.4, 0.5) is 6.01 Å². The van der Waals surface area contributed by atoms with Gasteiger partial charge in [-0.3, -0.25) is 9.78 Å². The van der Waals surface area contributed by atoms with Crippen molar-refractivity contribution in [3.8, 4) is 5.75 Å². The van der Waals surface area contributed by atoms with Crippen LogP contribution < -0.4 is 10.1 Å². The minimum atomic E-state index is -1.01. The van der Waals surface area contributed by atoms with Crippen LogP contribution in [0.15, 0.2) is 34.9 Å². The van der Waals surface area contributed by atoms with Gasteiger partial charge in [-0.1, -0.05) is 11.6 Å². The van der Waals surface area contributed by atoms with Gasteiger partial charge in [0.15, 0.2) is 11.3 Å². The Morgan fingerprint density at radius 3 is 2.84 bits per heavy atom. The van der Waals surface area contributed by atoms with Crippen molar-refractivity contribution in [2.75, 3.05) is 26.1 Å². The number of rotatable bonds is 6. The quantitative estimate of drug-likeness (QED) is 0.557. The fraction of sp³-hybridized carbons (Fsp3) is 0.364. The van der Waals surface area contributed by atoms with Crippen molar-refractivity contribution in [1.82, 2.24) is 14.9 Å². The molecule has 0 bridgehead atoms. The third kappa shape index (κ3) is 3.95. The van der Waals surface area contributed by atoms with Gasteiger partial charge in [0.25, 0.3) is 11.9 Å². The lowest BCUT2D eigenvalue weighted by atomic mass is 9.98. The molecule has 3 aromatic rings. The number of aromatic nitrogens is 2. The summed E-state index contributed by atoms with van der Waals surface area (Å²) < 4.78 is 16.2. The third-order valence-corrected chi connectivity index (χ3v) is 5.87. The fourth-order valence-corrected chi connectivity index (χ4v) is 4.12. The zero-order chi connectivity index (χ0) is 22.9. The first-order valence-corrected chi connectivity index (χ1v) is 10.5. The minimum Gasteiger partial charge on any atom is -0.493 e. The number of methoxy groups -OCH3 is 2. The highest BCUT2D eigenvalue weighted by Gasteiger charge is 2.47. The molecule has 4 rings (SSSR count). The zero-order valence-corrected chi connectivity index (χ0v) is 18.7. The normalized spacial score (nSPS) is 18.1. The summed E-state index contributed by atoms with van der Waals surface area (Å²) >= 11 is 5.99. The number of esters is 1. The molecule has 1 fully saturated rings. The summed E-state index contributed by atoms with van der Waals surface area (Å²) in [7, 11) is 2.81. The van der Waals surface area contributed by atoms with Crippen LogP contribution in [0.5, 0.6) is 5.75 Å². The Morgan fingerprint density at radius 2 is 2.12 bits per heavy atom. The Kier molecular flexibility index (Phi) is 5.92. The van der Waals surface area contributed by atoms with E-state index in [-0.39, 0.29) is 11.9 Å². The van der Waals surface area contributed by atoms with Gasteiger partial charge in [-0.25, -0.2) is 4.79 Å². The van der Waals surface area contributed by atoms with Crippen LogP contribution in [-0.4, -0.2) is 53.0 Å². The summed E-state index contributed by atoms with van der Waals surface area (Å²) in [5, 5.41) is 3.64. The molecule has 0 aliphatic carbocycles. The highest BCUT2D eigenvalue weighted by molar-refractivity contribution is 6.30. The van der Waals surface area contributed by atoms with Crippen LogP contribution in [0.25, 0.3) is 11.1 Å². The highest BCUT2D eigenvalue weighted by Crippen LogP contribution is 2.35. The molecule has 32 heavy (non-hydrogen) atoms. The van der Waals surface area contributed by atoms with Crippen molar-refractivity contribution in [3.05, 3.63) is 46.7 Å². The zero-order valence-electron chi connectivity index (χ0n) is 18.0. The first-order valence-electron chi connectivity index (χ1n) is 10.1. The van der Waals surface area contributed by atoms with Crippen LogP contribution in [0.2, 0.25) is 5.02 Å². The number of carbonyl (C=O) groups excluding carboxylic acids is 2. The molecule has 168 valence electrons. The molecule has 3 heterocycles. The molecule has 0 spiro atoms. The molecule has 1 aromatic carbocycles. The minimum absolute atomic E-state index is 0.255. The monoisotopic (exact) mass is 458 g/mol. The number of carbonyl (C=O) groups is 2. The van der Waals surface area contributed by atoms with Gasteiger partial charge in [-0.2, -0.15) is 4.98 Å². The number of benzene rings is 1. The maximum absolute atomic E-state index is 13.3. The number of amides is 1. The highest BCUT2D eigenvalue weighted by atomic mass is 35.5. The summed E-state index contributed by atoms with van der Waals surface area (Å²) in [5.41, 5.74) is 0.923. The fourth-order valence-electron chi connectivity index (χ4n) is 3.94. The lowest BCUT2D eigenvalue weighted by Crippen LogP contribution is -2.51. The number of fused-ring (bicyclic) bond motifs is 1. The number of nitrogens with zero attached hydrogens (tertiary/aromatic N) is 3. The summed E-state index contributed by atoms with van der Waals surface area (Å²) in [5.74, 6) is -0.360. The molecule has 9 nitrogen and oxygen atoms in total. The summed E-state index contributed by atoms with van der Waals surface area (Å²) in [6.07, 6.45) is 2.87. The molecule has 1 atom stereocenters. The van der Waals surface area contributed by atoms with Crippen molar-refractivity contribution in [3.63, 3.8) is 0 Å². The Hall–Kier alpha value is -3.33. The van der Waals surface area contributed by atoms with E-state index >= 15 is 0 Å². The van der Waals surface area contributed by atoms with Crippen LogP contribution >= 0.6 is 11.6 Å². The Balaban J connectivity index is 1.62. The van der Waals surface area contributed by atoms with Crippen molar-refractivity contribution >= 4 is 40.6 Å². The van der Waals surface area contributed by atoms with E-state index in [0.29, 0.717) is 53.4 Å². The van der Waals surface area contributed by atoms with Crippen molar-refractivity contribution in [1.29, 1.82) is 0 Å². The number of hydrogen-bond donors (Lipinski definition) is 1. The summed E-state index contributed by atoms with van der Waals surface area (Å²) in [4.78, 5) is 35.9. The van der Waals surface area contributed by atoms with Crippen LogP contribution in [0.1, 0.15) is 35.8 Å². The number of nitrogens with one attached hydrogen (secondary N) is 1. The Labute approximate surface area is 189 Å². The number of oxazole rings is 1. The van der Waals surface area contributed by atoms with Gasteiger partial charge < -0.3 is 24.1 Å². The molecular formula is C22H23ClN4O5. The first kappa shape index (κ1) is 21.9. The van der Waals surface area contributed by atoms with Crippen LogP contribution in [-0.2, 0) is 16.1 Å². The van der Waals surface area contributed by atoms with Gasteiger partial charge in [-0.05, 0) is 44.0 Å². The number of ether oxygens (including phenoxy) is 2. The largest absolute Gasteiger partial charge is 0.493 e. The van der Waals surface area contributed by atoms with E-state index in [1.807, 2.05) is 0 Å². The molecule has 1 amide bonds. The lowest BCUT2D eigenvalue weighted by Gasteiger charge is -2.32. The average Bonchev–Trinajstić information content (AvgIpc) is 3.39. The van der Waals surface area contributed by atoms with Crippen molar-refractivity contribution in [2.45, 2.75) is 31.8 Å². The smallest absolute Gasteiger partial charge is 0.331 e. The molecule has 1 N–H and O–H groups in total. The van der Waals surface area contributed by atoms with E-state index in [4.69, 9.17) is 25.5 Å². The van der Waals surface area contributed by atoms with Gasteiger partial charge in [0.05, 0.1) is 26.5 Å². The van der Waals surface area contributed by atoms with E-state index < -0.39 is 11.5 Å². The molecule has 2 aromatic heterocycles. The second-order valence-electron chi connectivity index (χ2n) is 7.69. The number of likely N-dealkylation sites (tertiary alicyclic amines) is 1. The van der Waals surface area contributed by atoms with Crippen LogP contribution in [0, 0.1) is 0 Å². The molecule has 10 heteroatoms. The second kappa shape index (κ2) is 8.66. The number of anilines is 1. The van der Waals surface area contributed by atoms with Crippen molar-refractivity contribution in [2.24, 2.45) is 0 Å². The lowest BCUT2D eigenvalue weighted by molar-refractivity contribution is -0.151. The summed E-state index contributed by atoms with van der Waals surface area (Å²) in [6.45, 7) is 2.54. The molecule has 0 saturated carbocycles. The molecule has 0 radical (unpaired) electrons. The van der Waals surface area contributed by atoms with Gasteiger partial charge in [0.2, 0.25) is 0 Å². The van der Waals surface area contributed by atoms with E-state index in [9.17, 15) is 9.59 Å². The SMILES string of the molecule is COC(=O)C1(C)CCCN1C(=O)c1cc(OC)c2oc(NCc3cc(Cl)ccn3)nc2c1. The Morgan fingerprint density at radius 1 is 1.31 bits per heavy atom. The van der Waals surface area contributed by atoms with E-state index in [0.717, 1.165) is 5.69 Å². The van der Waals surface area contributed by atoms with E-state index in [2.05, 4.69) is 15.3 Å². The standard InChI is InChI=1S/C22H23ClN4O5/c1-22(20(29)31-3)6-4-8-27(22)19(28)13-9-16-18(17(10-13)30-2)32-21(26-16)25-12-15-11-14(23)5-7-24-15/h5,7,9-11H,4,6,8,12H2,1-3H3,(H,25,26). The summed E-state index contributed by atoms with van der Waals surface area (Å²) in [6, 6.07) is 6.91. The second-order valence-corrected chi connectivity index (χ2v) is 8.13. The van der Waals surface area contributed by atoms with Crippen LogP contribution in [0.3, 0.4) is 0 Å². The van der Waals surface area contributed by atoms with E-state index in [1.54, 1.807) is 42.3 Å². The topological polar surface area (TPSA) is 107 Å². The van der Waals surface area contributed by atoms with Gasteiger partial charge in [0.1, 0.15) is 11.1 Å². The predicted molar refractivity (Wildman–Crippen MR) is 118 cm³/mol. The average molecular weight is 459 g/mol. The maximum Gasteiger partial charge on any atom is 0.331 e.